The van der Waals surface area contributed by atoms with E-state index in [1.165, 1.54) is 10.4 Å². The van der Waals surface area contributed by atoms with Gasteiger partial charge in [-0.2, -0.15) is 0 Å². The van der Waals surface area contributed by atoms with Crippen molar-refractivity contribution < 1.29 is 4.42 Å². The Bertz CT molecular complexity index is 729. The van der Waals surface area contributed by atoms with E-state index in [4.69, 9.17) is 4.42 Å². The minimum absolute atomic E-state index is 0.0827. The van der Waals surface area contributed by atoms with Gasteiger partial charge in [0.15, 0.2) is 0 Å². The van der Waals surface area contributed by atoms with Gasteiger partial charge in [-0.25, -0.2) is 4.98 Å². The maximum Gasteiger partial charge on any atom is 0.137 e. The molecule has 1 N–H and O–H groups in total. The summed E-state index contributed by atoms with van der Waals surface area (Å²) in [5.41, 5.74) is 5.11. The highest BCUT2D eigenvalue weighted by Gasteiger charge is 2.21. The summed E-state index contributed by atoms with van der Waals surface area (Å²) in [6.45, 7) is 7.12. The lowest BCUT2D eigenvalue weighted by Crippen LogP contribution is -2.21. The Labute approximate surface area is 122 Å². The van der Waals surface area contributed by atoms with E-state index < -0.39 is 0 Å². The second-order valence-corrected chi connectivity index (χ2v) is 5.82. The molecule has 0 aliphatic heterocycles. The molecule has 0 bridgehead atoms. The SMILES string of the molecule is CCNC(c1cc2cccc(C)c2o1)c1scnc1C. The average Bonchev–Trinajstić information content (AvgIpc) is 3.03. The molecule has 104 valence electrons. The molecule has 0 spiro atoms. The predicted octanol–water partition coefficient (Wildman–Crippen LogP) is 4.21. The number of benzene rings is 1. The van der Waals surface area contributed by atoms with Crippen molar-refractivity contribution in [2.75, 3.05) is 6.54 Å². The number of aryl methyl sites for hydroxylation is 2. The van der Waals surface area contributed by atoms with E-state index in [0.717, 1.165) is 29.0 Å². The molecule has 1 aromatic carbocycles. The van der Waals surface area contributed by atoms with E-state index in [-0.39, 0.29) is 6.04 Å². The zero-order chi connectivity index (χ0) is 14.1. The second kappa shape index (κ2) is 5.38. The van der Waals surface area contributed by atoms with Gasteiger partial charge in [-0.3, -0.25) is 0 Å². The van der Waals surface area contributed by atoms with E-state index in [1.54, 1.807) is 11.3 Å². The van der Waals surface area contributed by atoms with Crippen molar-refractivity contribution in [3.05, 3.63) is 51.7 Å². The summed E-state index contributed by atoms with van der Waals surface area (Å²) in [5, 5.41) is 4.66. The van der Waals surface area contributed by atoms with Gasteiger partial charge in [0.25, 0.3) is 0 Å². The first-order valence-electron chi connectivity index (χ1n) is 6.83. The highest BCUT2D eigenvalue weighted by molar-refractivity contribution is 7.09. The van der Waals surface area contributed by atoms with Gasteiger partial charge in [0.2, 0.25) is 0 Å². The Morgan fingerprint density at radius 3 is 2.85 bits per heavy atom. The van der Waals surface area contributed by atoms with Crippen LogP contribution in [-0.2, 0) is 0 Å². The molecular weight excluding hydrogens is 268 g/mol. The van der Waals surface area contributed by atoms with Gasteiger partial charge >= 0.3 is 0 Å². The molecule has 0 fully saturated rings. The number of thiazole rings is 1. The Balaban J connectivity index is 2.10. The van der Waals surface area contributed by atoms with Crippen LogP contribution < -0.4 is 5.32 Å². The lowest BCUT2D eigenvalue weighted by molar-refractivity contribution is 0.478. The molecule has 3 aromatic rings. The van der Waals surface area contributed by atoms with Crippen molar-refractivity contribution in [1.29, 1.82) is 0 Å². The van der Waals surface area contributed by atoms with Crippen LogP contribution >= 0.6 is 11.3 Å². The maximum absolute atomic E-state index is 6.11. The molecule has 20 heavy (non-hydrogen) atoms. The van der Waals surface area contributed by atoms with Crippen molar-refractivity contribution in [3.63, 3.8) is 0 Å². The Morgan fingerprint density at radius 2 is 2.20 bits per heavy atom. The van der Waals surface area contributed by atoms with Crippen LogP contribution in [0.15, 0.2) is 34.2 Å². The van der Waals surface area contributed by atoms with E-state index in [0.29, 0.717) is 0 Å². The van der Waals surface area contributed by atoms with Crippen LogP contribution in [0.25, 0.3) is 11.0 Å². The van der Waals surface area contributed by atoms with Crippen LogP contribution in [0.1, 0.15) is 34.9 Å². The van der Waals surface area contributed by atoms with Crippen molar-refractivity contribution >= 4 is 22.3 Å². The molecular formula is C16H18N2OS. The third-order valence-corrected chi connectivity index (χ3v) is 4.49. The van der Waals surface area contributed by atoms with E-state index in [1.807, 2.05) is 12.4 Å². The van der Waals surface area contributed by atoms with Crippen LogP contribution in [-0.4, -0.2) is 11.5 Å². The lowest BCUT2D eigenvalue weighted by atomic mass is 10.1. The Kier molecular flexibility index (Phi) is 3.59. The number of hydrogen-bond donors (Lipinski definition) is 1. The summed E-state index contributed by atoms with van der Waals surface area (Å²) in [5.74, 6) is 0.962. The number of aromatic nitrogens is 1. The molecule has 0 aliphatic rings. The largest absolute Gasteiger partial charge is 0.459 e. The van der Waals surface area contributed by atoms with Gasteiger partial charge in [-0.15, -0.1) is 11.3 Å². The van der Waals surface area contributed by atoms with Crippen LogP contribution in [0, 0.1) is 13.8 Å². The summed E-state index contributed by atoms with van der Waals surface area (Å²) in [4.78, 5) is 5.58. The molecule has 3 nitrogen and oxygen atoms in total. The van der Waals surface area contributed by atoms with Crippen molar-refractivity contribution in [1.82, 2.24) is 10.3 Å². The molecule has 1 unspecified atom stereocenters. The summed E-state index contributed by atoms with van der Waals surface area (Å²) < 4.78 is 6.11. The number of para-hydroxylation sites is 1. The number of nitrogens with one attached hydrogen (secondary N) is 1. The Morgan fingerprint density at radius 1 is 1.35 bits per heavy atom. The number of nitrogens with zero attached hydrogens (tertiary/aromatic N) is 1. The molecule has 0 radical (unpaired) electrons. The summed E-state index contributed by atoms with van der Waals surface area (Å²) in [7, 11) is 0. The molecule has 2 aromatic heterocycles. The van der Waals surface area contributed by atoms with Gasteiger partial charge in [0, 0.05) is 5.39 Å². The lowest BCUT2D eigenvalue weighted by Gasteiger charge is -2.14. The number of furan rings is 1. The first-order valence-corrected chi connectivity index (χ1v) is 7.71. The van der Waals surface area contributed by atoms with E-state index in [9.17, 15) is 0 Å². The molecule has 2 heterocycles. The van der Waals surface area contributed by atoms with Crippen LogP contribution in [0.5, 0.6) is 0 Å². The van der Waals surface area contributed by atoms with Crippen LogP contribution in [0.3, 0.4) is 0 Å². The fourth-order valence-corrected chi connectivity index (χ4v) is 3.37. The fourth-order valence-electron chi connectivity index (χ4n) is 2.49. The van der Waals surface area contributed by atoms with Crippen molar-refractivity contribution in [2.24, 2.45) is 0 Å². The first-order chi connectivity index (χ1) is 9.70. The molecule has 0 aliphatic carbocycles. The smallest absolute Gasteiger partial charge is 0.137 e. The van der Waals surface area contributed by atoms with Gasteiger partial charge in [0.05, 0.1) is 16.1 Å². The molecule has 1 atom stereocenters. The third kappa shape index (κ3) is 2.25. The average molecular weight is 286 g/mol. The van der Waals surface area contributed by atoms with Gasteiger partial charge in [-0.05, 0) is 32.0 Å². The summed E-state index contributed by atoms with van der Waals surface area (Å²) >= 11 is 1.67. The van der Waals surface area contributed by atoms with Gasteiger partial charge in [-0.1, -0.05) is 25.1 Å². The zero-order valence-corrected chi connectivity index (χ0v) is 12.8. The number of hydrogen-bond acceptors (Lipinski definition) is 4. The quantitative estimate of drug-likeness (QED) is 0.781. The highest BCUT2D eigenvalue weighted by atomic mass is 32.1. The first kappa shape index (κ1) is 13.3. The highest BCUT2D eigenvalue weighted by Crippen LogP contribution is 2.32. The summed E-state index contributed by atoms with van der Waals surface area (Å²) in [6, 6.07) is 8.46. The standard InChI is InChI=1S/C16H18N2OS/c1-4-17-14(16-11(3)18-9-20-16)13-8-12-7-5-6-10(2)15(12)19-13/h5-9,14,17H,4H2,1-3H3. The van der Waals surface area contributed by atoms with Gasteiger partial charge in [0.1, 0.15) is 17.4 Å². The van der Waals surface area contributed by atoms with Crippen molar-refractivity contribution in [2.45, 2.75) is 26.8 Å². The minimum Gasteiger partial charge on any atom is -0.459 e. The van der Waals surface area contributed by atoms with Crippen LogP contribution in [0.2, 0.25) is 0 Å². The monoisotopic (exact) mass is 286 g/mol. The fraction of sp³-hybridized carbons (Fsp3) is 0.312. The van der Waals surface area contributed by atoms with E-state index >= 15 is 0 Å². The number of rotatable bonds is 4. The molecule has 3 rings (SSSR count). The maximum atomic E-state index is 6.11. The Hall–Kier alpha value is -1.65. The molecule has 0 amide bonds. The normalized spacial score (nSPS) is 12.9. The molecule has 4 heteroatoms. The third-order valence-electron chi connectivity index (χ3n) is 3.50. The van der Waals surface area contributed by atoms with Crippen LogP contribution in [0.4, 0.5) is 0 Å². The van der Waals surface area contributed by atoms with E-state index in [2.05, 4.69) is 48.4 Å². The predicted molar refractivity (Wildman–Crippen MR) is 83.3 cm³/mol. The minimum atomic E-state index is 0.0827. The van der Waals surface area contributed by atoms with Gasteiger partial charge < -0.3 is 9.73 Å². The molecule has 0 saturated heterocycles. The van der Waals surface area contributed by atoms with Crippen molar-refractivity contribution in [3.8, 4) is 0 Å². The number of fused-ring (bicyclic) bond motifs is 1. The second-order valence-electron chi connectivity index (χ2n) is 4.93. The molecule has 0 saturated carbocycles. The zero-order valence-electron chi connectivity index (χ0n) is 11.9. The summed E-state index contributed by atoms with van der Waals surface area (Å²) in [6.07, 6.45) is 0. The topological polar surface area (TPSA) is 38.1 Å².